The van der Waals surface area contributed by atoms with E-state index in [1.807, 2.05) is 11.6 Å². The average Bonchev–Trinajstić information content (AvgIpc) is 2.87. The van der Waals surface area contributed by atoms with Crippen LogP contribution in [0.5, 0.6) is 0 Å². The number of thiophene rings is 1. The SMILES string of the molecule is Cn1c(Cl)cnc1C1NCCc2ccsc21. The number of imidazole rings is 1. The maximum atomic E-state index is 6.03. The van der Waals surface area contributed by atoms with Gasteiger partial charge in [0, 0.05) is 18.5 Å². The molecule has 0 aliphatic carbocycles. The predicted molar refractivity (Wildman–Crippen MR) is 66.1 cm³/mol. The molecular formula is C11H12ClN3S. The molecule has 84 valence electrons. The molecule has 0 aromatic carbocycles. The number of fused-ring (bicyclic) bond motifs is 1. The van der Waals surface area contributed by atoms with E-state index in [1.54, 1.807) is 17.5 Å². The normalized spacial score (nSPS) is 19.8. The molecule has 1 aliphatic heterocycles. The lowest BCUT2D eigenvalue weighted by molar-refractivity contribution is 0.539. The van der Waals surface area contributed by atoms with Gasteiger partial charge in [0.15, 0.2) is 0 Å². The first-order valence-corrected chi connectivity index (χ1v) is 6.50. The van der Waals surface area contributed by atoms with E-state index < -0.39 is 0 Å². The van der Waals surface area contributed by atoms with E-state index in [-0.39, 0.29) is 6.04 Å². The number of nitrogens with one attached hydrogen (secondary N) is 1. The molecule has 0 saturated heterocycles. The first-order chi connectivity index (χ1) is 7.77. The van der Waals surface area contributed by atoms with Crippen LogP contribution < -0.4 is 5.32 Å². The summed E-state index contributed by atoms with van der Waals surface area (Å²) in [5.41, 5.74) is 1.44. The summed E-state index contributed by atoms with van der Waals surface area (Å²) in [6.45, 7) is 0.999. The molecule has 1 aliphatic rings. The van der Waals surface area contributed by atoms with Gasteiger partial charge in [-0.05, 0) is 23.4 Å². The van der Waals surface area contributed by atoms with Crippen molar-refractivity contribution in [2.75, 3.05) is 6.54 Å². The molecule has 3 rings (SSSR count). The number of halogens is 1. The standard InChI is InChI=1S/C11H12ClN3S/c1-15-8(12)6-14-11(15)9-10-7(2-4-13-9)3-5-16-10/h3,5-6,9,13H,2,4H2,1H3. The second-order valence-electron chi connectivity index (χ2n) is 3.95. The van der Waals surface area contributed by atoms with E-state index in [2.05, 4.69) is 21.7 Å². The number of aromatic nitrogens is 2. The number of nitrogens with zero attached hydrogens (tertiary/aromatic N) is 2. The van der Waals surface area contributed by atoms with Gasteiger partial charge in [-0.15, -0.1) is 11.3 Å². The van der Waals surface area contributed by atoms with Crippen LogP contribution >= 0.6 is 22.9 Å². The van der Waals surface area contributed by atoms with E-state index in [1.165, 1.54) is 10.4 Å². The van der Waals surface area contributed by atoms with Gasteiger partial charge in [-0.25, -0.2) is 4.98 Å². The molecule has 5 heteroatoms. The Kier molecular flexibility index (Phi) is 2.50. The Hall–Kier alpha value is -0.840. The summed E-state index contributed by atoms with van der Waals surface area (Å²) < 4.78 is 1.94. The molecule has 0 bridgehead atoms. The van der Waals surface area contributed by atoms with Gasteiger partial charge in [0.05, 0.1) is 6.20 Å². The Morgan fingerprint density at radius 3 is 3.25 bits per heavy atom. The van der Waals surface area contributed by atoms with E-state index in [4.69, 9.17) is 11.6 Å². The Morgan fingerprint density at radius 2 is 2.50 bits per heavy atom. The zero-order valence-corrected chi connectivity index (χ0v) is 10.5. The topological polar surface area (TPSA) is 29.9 Å². The van der Waals surface area contributed by atoms with Crippen molar-refractivity contribution >= 4 is 22.9 Å². The quantitative estimate of drug-likeness (QED) is 0.846. The highest BCUT2D eigenvalue weighted by Crippen LogP contribution is 2.32. The van der Waals surface area contributed by atoms with Gasteiger partial charge in [0.25, 0.3) is 0 Å². The summed E-state index contributed by atoms with van der Waals surface area (Å²) in [4.78, 5) is 5.76. The monoisotopic (exact) mass is 253 g/mol. The van der Waals surface area contributed by atoms with Crippen molar-refractivity contribution in [3.8, 4) is 0 Å². The van der Waals surface area contributed by atoms with Crippen LogP contribution in [0.1, 0.15) is 22.3 Å². The van der Waals surface area contributed by atoms with Crippen molar-refractivity contribution in [2.24, 2.45) is 7.05 Å². The summed E-state index contributed by atoms with van der Waals surface area (Å²) in [6.07, 6.45) is 2.81. The molecule has 1 N–H and O–H groups in total. The first-order valence-electron chi connectivity index (χ1n) is 5.24. The van der Waals surface area contributed by atoms with Crippen molar-refractivity contribution < 1.29 is 0 Å². The minimum atomic E-state index is 0.196. The minimum absolute atomic E-state index is 0.196. The van der Waals surface area contributed by atoms with Crippen LogP contribution in [0.2, 0.25) is 5.15 Å². The first kappa shape index (κ1) is 10.3. The van der Waals surface area contributed by atoms with Gasteiger partial charge in [-0.2, -0.15) is 0 Å². The third-order valence-electron chi connectivity index (χ3n) is 3.01. The van der Waals surface area contributed by atoms with Crippen LogP contribution in [0.3, 0.4) is 0 Å². The summed E-state index contributed by atoms with van der Waals surface area (Å²) in [7, 11) is 1.95. The van der Waals surface area contributed by atoms with Gasteiger partial charge >= 0.3 is 0 Å². The molecule has 1 unspecified atom stereocenters. The molecule has 3 heterocycles. The molecule has 2 aromatic rings. The molecule has 16 heavy (non-hydrogen) atoms. The summed E-state index contributed by atoms with van der Waals surface area (Å²) in [5, 5.41) is 6.33. The highest BCUT2D eigenvalue weighted by atomic mass is 35.5. The van der Waals surface area contributed by atoms with E-state index in [0.29, 0.717) is 5.15 Å². The Labute approximate surface area is 103 Å². The van der Waals surface area contributed by atoms with Crippen LogP contribution in [0.25, 0.3) is 0 Å². The molecule has 2 aromatic heterocycles. The lowest BCUT2D eigenvalue weighted by atomic mass is 10.0. The van der Waals surface area contributed by atoms with E-state index >= 15 is 0 Å². The second kappa shape index (κ2) is 3.87. The number of rotatable bonds is 1. The average molecular weight is 254 g/mol. The Morgan fingerprint density at radius 1 is 1.62 bits per heavy atom. The number of hydrogen-bond donors (Lipinski definition) is 1. The third kappa shape index (κ3) is 1.49. The van der Waals surface area contributed by atoms with E-state index in [0.717, 1.165) is 18.8 Å². The Bertz CT molecular complexity index is 517. The molecule has 0 fully saturated rings. The van der Waals surface area contributed by atoms with Crippen molar-refractivity contribution in [1.29, 1.82) is 0 Å². The van der Waals surface area contributed by atoms with Gasteiger partial charge in [0.2, 0.25) is 0 Å². The predicted octanol–water partition coefficient (Wildman–Crippen LogP) is 2.37. The maximum Gasteiger partial charge on any atom is 0.132 e. The van der Waals surface area contributed by atoms with Gasteiger partial charge in [0.1, 0.15) is 17.0 Å². The fourth-order valence-corrected chi connectivity index (χ4v) is 3.29. The highest BCUT2D eigenvalue weighted by Gasteiger charge is 2.25. The van der Waals surface area contributed by atoms with Gasteiger partial charge in [-0.1, -0.05) is 11.6 Å². The van der Waals surface area contributed by atoms with Gasteiger partial charge < -0.3 is 9.88 Å². The fraction of sp³-hybridized carbons (Fsp3) is 0.364. The second-order valence-corrected chi connectivity index (χ2v) is 5.28. The van der Waals surface area contributed by atoms with Crippen LogP contribution in [-0.4, -0.2) is 16.1 Å². The molecular weight excluding hydrogens is 242 g/mol. The molecule has 0 saturated carbocycles. The van der Waals surface area contributed by atoms with Crippen molar-refractivity contribution in [2.45, 2.75) is 12.5 Å². The maximum absolute atomic E-state index is 6.03. The van der Waals surface area contributed by atoms with Crippen LogP contribution in [-0.2, 0) is 13.5 Å². The Balaban J connectivity index is 2.07. The summed E-state index contributed by atoms with van der Waals surface area (Å²) in [5.74, 6) is 0.994. The molecule has 3 nitrogen and oxygen atoms in total. The molecule has 0 radical (unpaired) electrons. The largest absolute Gasteiger partial charge is 0.321 e. The van der Waals surface area contributed by atoms with Crippen LogP contribution in [0.4, 0.5) is 0 Å². The molecule has 0 spiro atoms. The third-order valence-corrected chi connectivity index (χ3v) is 4.39. The minimum Gasteiger partial charge on any atom is -0.321 e. The van der Waals surface area contributed by atoms with Crippen molar-refractivity contribution in [3.63, 3.8) is 0 Å². The summed E-state index contributed by atoms with van der Waals surface area (Å²) >= 11 is 7.81. The number of hydrogen-bond acceptors (Lipinski definition) is 3. The zero-order valence-electron chi connectivity index (χ0n) is 8.90. The highest BCUT2D eigenvalue weighted by molar-refractivity contribution is 7.10. The molecule has 1 atom stereocenters. The molecule has 0 amide bonds. The fourth-order valence-electron chi connectivity index (χ4n) is 2.13. The lowest BCUT2D eigenvalue weighted by Crippen LogP contribution is -2.31. The zero-order chi connectivity index (χ0) is 11.1. The van der Waals surface area contributed by atoms with Crippen molar-refractivity contribution in [3.05, 3.63) is 39.1 Å². The summed E-state index contributed by atoms with van der Waals surface area (Å²) in [6, 6.07) is 2.40. The van der Waals surface area contributed by atoms with Gasteiger partial charge in [-0.3, -0.25) is 0 Å². The van der Waals surface area contributed by atoms with E-state index in [9.17, 15) is 0 Å². The lowest BCUT2D eigenvalue weighted by Gasteiger charge is -2.23. The van der Waals surface area contributed by atoms with Crippen molar-refractivity contribution in [1.82, 2.24) is 14.9 Å². The smallest absolute Gasteiger partial charge is 0.132 e. The van der Waals surface area contributed by atoms with Crippen LogP contribution in [0, 0.1) is 0 Å². The van der Waals surface area contributed by atoms with Crippen LogP contribution in [0.15, 0.2) is 17.6 Å².